The summed E-state index contributed by atoms with van der Waals surface area (Å²) < 4.78 is 6.01. The summed E-state index contributed by atoms with van der Waals surface area (Å²) in [5.41, 5.74) is 0.268. The van der Waals surface area contributed by atoms with Gasteiger partial charge in [0.2, 0.25) is 0 Å². The fourth-order valence-corrected chi connectivity index (χ4v) is 4.50. The minimum absolute atomic E-state index is 0.268. The first kappa shape index (κ1) is 20.5. The minimum atomic E-state index is 0.268. The van der Waals surface area contributed by atoms with Crippen molar-refractivity contribution >= 4 is 0 Å². The molecule has 0 saturated heterocycles. The van der Waals surface area contributed by atoms with Gasteiger partial charge in [-0.1, -0.05) is 75.8 Å². The molecule has 0 heterocycles. The topological polar surface area (TPSA) is 9.23 Å². The van der Waals surface area contributed by atoms with Gasteiger partial charge in [-0.05, 0) is 50.4 Å². The van der Waals surface area contributed by atoms with Crippen molar-refractivity contribution in [1.29, 1.82) is 0 Å². The third-order valence-electron chi connectivity index (χ3n) is 6.26. The summed E-state index contributed by atoms with van der Waals surface area (Å²) in [5.74, 6) is 1.91. The van der Waals surface area contributed by atoms with Crippen molar-refractivity contribution in [1.82, 2.24) is 0 Å². The molecule has 2 aliphatic rings. The summed E-state index contributed by atoms with van der Waals surface area (Å²) in [4.78, 5) is 0. The van der Waals surface area contributed by atoms with E-state index in [1.165, 1.54) is 70.6 Å². The fourth-order valence-electron chi connectivity index (χ4n) is 4.50. The zero-order chi connectivity index (χ0) is 17.8. The number of unbranched alkanes of at least 4 members (excludes halogenated alkanes) is 2. The van der Waals surface area contributed by atoms with Crippen LogP contribution < -0.4 is 0 Å². The number of ether oxygens (including phenoxy) is 1. The van der Waals surface area contributed by atoms with Gasteiger partial charge >= 0.3 is 0 Å². The van der Waals surface area contributed by atoms with Gasteiger partial charge in [0.05, 0.1) is 6.61 Å². The fraction of sp³-hybridized carbons (Fsp3) is 0.750. The molecule has 1 saturated carbocycles. The van der Waals surface area contributed by atoms with Gasteiger partial charge in [0, 0.05) is 12.0 Å². The first-order valence-electron chi connectivity index (χ1n) is 10.8. The lowest BCUT2D eigenvalue weighted by Crippen LogP contribution is -2.26. The number of hydrogen-bond donors (Lipinski definition) is 0. The first-order valence-corrected chi connectivity index (χ1v) is 10.8. The zero-order valence-electron chi connectivity index (χ0n) is 16.6. The predicted molar refractivity (Wildman–Crippen MR) is 110 cm³/mol. The molecule has 1 heteroatoms. The molecule has 0 amide bonds. The molecule has 1 fully saturated rings. The lowest BCUT2D eigenvalue weighted by atomic mass is 9.76. The van der Waals surface area contributed by atoms with Gasteiger partial charge in [-0.3, -0.25) is 0 Å². The van der Waals surface area contributed by atoms with Crippen LogP contribution >= 0.6 is 0 Å². The summed E-state index contributed by atoms with van der Waals surface area (Å²) in [6.45, 7) is 7.95. The second kappa shape index (κ2) is 11.7. The van der Waals surface area contributed by atoms with Crippen LogP contribution in [0.5, 0.6) is 0 Å². The van der Waals surface area contributed by atoms with E-state index in [0.717, 1.165) is 31.5 Å². The van der Waals surface area contributed by atoms with Gasteiger partial charge < -0.3 is 4.74 Å². The lowest BCUT2D eigenvalue weighted by molar-refractivity contribution is 0.0606. The monoisotopic (exact) mass is 344 g/mol. The van der Waals surface area contributed by atoms with E-state index in [4.69, 9.17) is 4.74 Å². The van der Waals surface area contributed by atoms with E-state index in [1.54, 1.807) is 0 Å². The van der Waals surface area contributed by atoms with E-state index < -0.39 is 0 Å². The van der Waals surface area contributed by atoms with Crippen molar-refractivity contribution in [2.75, 3.05) is 13.2 Å². The highest BCUT2D eigenvalue weighted by molar-refractivity contribution is 5.16. The van der Waals surface area contributed by atoms with E-state index in [2.05, 4.69) is 43.9 Å². The van der Waals surface area contributed by atoms with Crippen molar-refractivity contribution in [2.24, 2.45) is 17.3 Å². The summed E-state index contributed by atoms with van der Waals surface area (Å²) in [5, 5.41) is 0. The molecule has 0 bridgehead atoms. The number of allylic oxidation sites excluding steroid dienone is 4. The van der Waals surface area contributed by atoms with Crippen LogP contribution in [0.15, 0.2) is 37.0 Å². The Kier molecular flexibility index (Phi) is 9.61. The van der Waals surface area contributed by atoms with Gasteiger partial charge in [-0.15, -0.1) is 6.58 Å². The summed E-state index contributed by atoms with van der Waals surface area (Å²) in [7, 11) is 0. The Morgan fingerprint density at radius 1 is 1.08 bits per heavy atom. The molecule has 1 atom stereocenters. The smallest absolute Gasteiger partial charge is 0.0560 e. The Morgan fingerprint density at radius 3 is 2.56 bits per heavy atom. The second-order valence-corrected chi connectivity index (χ2v) is 8.42. The van der Waals surface area contributed by atoms with Gasteiger partial charge in [-0.25, -0.2) is 0 Å². The zero-order valence-corrected chi connectivity index (χ0v) is 16.6. The molecule has 0 N–H and O–H groups in total. The highest BCUT2D eigenvalue weighted by atomic mass is 16.5. The van der Waals surface area contributed by atoms with Crippen LogP contribution in [-0.2, 0) is 4.74 Å². The van der Waals surface area contributed by atoms with E-state index in [0.29, 0.717) is 0 Å². The normalized spacial score (nSPS) is 29.0. The molecule has 0 aromatic heterocycles. The van der Waals surface area contributed by atoms with Crippen molar-refractivity contribution < 1.29 is 4.74 Å². The van der Waals surface area contributed by atoms with Gasteiger partial charge in [0.1, 0.15) is 0 Å². The molecule has 2 rings (SSSR count). The average molecular weight is 345 g/mol. The molecular formula is C24H40O. The van der Waals surface area contributed by atoms with Gasteiger partial charge in [0.25, 0.3) is 0 Å². The van der Waals surface area contributed by atoms with Crippen molar-refractivity contribution in [3.8, 4) is 0 Å². The van der Waals surface area contributed by atoms with E-state index >= 15 is 0 Å². The molecule has 1 unspecified atom stereocenters. The maximum absolute atomic E-state index is 6.01. The first-order chi connectivity index (χ1) is 12.3. The Bertz CT molecular complexity index is 414. The van der Waals surface area contributed by atoms with E-state index in [1.807, 2.05) is 0 Å². The van der Waals surface area contributed by atoms with Crippen LogP contribution in [0.4, 0.5) is 0 Å². The molecule has 0 spiro atoms. The third kappa shape index (κ3) is 7.52. The summed E-state index contributed by atoms with van der Waals surface area (Å²) >= 11 is 0. The van der Waals surface area contributed by atoms with Crippen LogP contribution in [0.2, 0.25) is 0 Å². The SMILES string of the molecule is C=CCC1CCC(CCCCC2(COCCCC)C=CC=CC2)CC1. The molecule has 25 heavy (non-hydrogen) atoms. The van der Waals surface area contributed by atoms with Crippen molar-refractivity contribution in [3.05, 3.63) is 37.0 Å². The summed E-state index contributed by atoms with van der Waals surface area (Å²) in [6, 6.07) is 0. The molecule has 1 nitrogen and oxygen atoms in total. The maximum Gasteiger partial charge on any atom is 0.0560 e. The van der Waals surface area contributed by atoms with Crippen LogP contribution in [-0.4, -0.2) is 13.2 Å². The largest absolute Gasteiger partial charge is 0.381 e. The lowest BCUT2D eigenvalue weighted by Gasteiger charge is -2.32. The minimum Gasteiger partial charge on any atom is -0.381 e. The number of hydrogen-bond acceptors (Lipinski definition) is 1. The molecule has 2 aliphatic carbocycles. The highest BCUT2D eigenvalue weighted by Crippen LogP contribution is 2.37. The molecule has 0 aliphatic heterocycles. The van der Waals surface area contributed by atoms with Crippen LogP contribution in [0.1, 0.15) is 84.0 Å². The van der Waals surface area contributed by atoms with Crippen molar-refractivity contribution in [3.63, 3.8) is 0 Å². The van der Waals surface area contributed by atoms with E-state index in [-0.39, 0.29) is 5.41 Å². The molecule has 0 aromatic rings. The Hall–Kier alpha value is -0.820. The Balaban J connectivity index is 1.64. The molecule has 0 radical (unpaired) electrons. The standard InChI is InChI=1S/C24H40O/c1-3-5-20-25-21-24(17-8-6-9-18-24)19-10-7-12-23-15-13-22(11-4-2)14-16-23/h4,6,8-9,17,22-23H,2-3,5,7,10-16,18-21H2,1H3. The quantitative estimate of drug-likeness (QED) is 0.267. The van der Waals surface area contributed by atoms with Crippen LogP contribution in [0, 0.1) is 17.3 Å². The maximum atomic E-state index is 6.01. The Labute approximate surface area is 156 Å². The number of rotatable bonds is 12. The van der Waals surface area contributed by atoms with Gasteiger partial charge in [-0.2, -0.15) is 0 Å². The predicted octanol–water partition coefficient (Wildman–Crippen LogP) is 7.25. The highest BCUT2D eigenvalue weighted by Gasteiger charge is 2.27. The van der Waals surface area contributed by atoms with Crippen LogP contribution in [0.25, 0.3) is 0 Å². The van der Waals surface area contributed by atoms with Crippen molar-refractivity contribution in [2.45, 2.75) is 84.0 Å². The second-order valence-electron chi connectivity index (χ2n) is 8.42. The molecule has 142 valence electrons. The summed E-state index contributed by atoms with van der Waals surface area (Å²) in [6.07, 6.45) is 27.3. The van der Waals surface area contributed by atoms with Gasteiger partial charge in [0.15, 0.2) is 0 Å². The average Bonchev–Trinajstić information content (AvgIpc) is 2.65. The molecule has 0 aromatic carbocycles. The van der Waals surface area contributed by atoms with Crippen LogP contribution in [0.3, 0.4) is 0 Å². The molecular weight excluding hydrogens is 304 g/mol. The Morgan fingerprint density at radius 2 is 1.88 bits per heavy atom. The third-order valence-corrected chi connectivity index (χ3v) is 6.26. The van der Waals surface area contributed by atoms with E-state index in [9.17, 15) is 0 Å².